The Morgan fingerprint density at radius 1 is 1.06 bits per heavy atom. The van der Waals surface area contributed by atoms with Crippen molar-refractivity contribution >= 4 is 47.1 Å². The van der Waals surface area contributed by atoms with Gasteiger partial charge in [-0.3, -0.25) is 14.4 Å². The van der Waals surface area contributed by atoms with Crippen LogP contribution in [0.15, 0.2) is 54.7 Å². The van der Waals surface area contributed by atoms with Crippen molar-refractivity contribution in [2.75, 3.05) is 27.8 Å². The Morgan fingerprint density at radius 3 is 2.44 bits per heavy atom. The van der Waals surface area contributed by atoms with Crippen molar-refractivity contribution < 1.29 is 14.4 Å². The topological polar surface area (TPSA) is 151 Å². The van der Waals surface area contributed by atoms with E-state index in [1.807, 2.05) is 6.92 Å². The summed E-state index contributed by atoms with van der Waals surface area (Å²) >= 11 is 0. The first kappa shape index (κ1) is 22.2. The molecular weight excluding hydrogens is 410 g/mol. The lowest BCUT2D eigenvalue weighted by atomic mass is 10.2. The summed E-state index contributed by atoms with van der Waals surface area (Å²) in [7, 11) is 0. The number of nitrogens with zero attached hydrogens (tertiary/aromatic N) is 2. The van der Waals surface area contributed by atoms with Crippen LogP contribution in [0.25, 0.3) is 0 Å². The minimum atomic E-state index is -0.515. The maximum atomic E-state index is 12.9. The van der Waals surface area contributed by atoms with Crippen LogP contribution >= 0.6 is 0 Å². The summed E-state index contributed by atoms with van der Waals surface area (Å²) in [6.45, 7) is 2.60. The van der Waals surface area contributed by atoms with Gasteiger partial charge in [0.25, 0.3) is 5.91 Å². The van der Waals surface area contributed by atoms with Crippen LogP contribution in [0.1, 0.15) is 34.1 Å². The molecule has 0 saturated heterocycles. The Hall–Kier alpha value is -4.47. The van der Waals surface area contributed by atoms with Crippen LogP contribution in [0.2, 0.25) is 0 Å². The van der Waals surface area contributed by atoms with Gasteiger partial charge in [-0.05, 0) is 42.8 Å². The molecule has 10 nitrogen and oxygen atoms in total. The minimum absolute atomic E-state index is 0.244. The molecule has 3 aromatic rings. The quantitative estimate of drug-likeness (QED) is 0.308. The Balaban J connectivity index is 1.83. The summed E-state index contributed by atoms with van der Waals surface area (Å²) in [5.74, 6) is -0.313. The van der Waals surface area contributed by atoms with Crippen LogP contribution in [0.5, 0.6) is 0 Å². The first-order valence-corrected chi connectivity index (χ1v) is 9.90. The van der Waals surface area contributed by atoms with Gasteiger partial charge in [-0.2, -0.15) is 4.98 Å². The molecule has 6 N–H and O–H groups in total. The lowest BCUT2D eigenvalue weighted by Crippen LogP contribution is -2.18. The van der Waals surface area contributed by atoms with Gasteiger partial charge in [-0.1, -0.05) is 19.1 Å². The number of hydrogen-bond acceptors (Lipinski definition) is 7. The van der Waals surface area contributed by atoms with Crippen LogP contribution < -0.4 is 27.0 Å². The van der Waals surface area contributed by atoms with E-state index in [0.29, 0.717) is 41.4 Å². The maximum absolute atomic E-state index is 12.9. The van der Waals surface area contributed by atoms with Gasteiger partial charge in [0.2, 0.25) is 18.3 Å². The molecule has 0 aliphatic heterocycles. The number of rotatable bonds is 10. The van der Waals surface area contributed by atoms with Crippen molar-refractivity contribution in [2.24, 2.45) is 5.73 Å². The van der Waals surface area contributed by atoms with Crippen molar-refractivity contribution in [1.29, 1.82) is 0 Å². The van der Waals surface area contributed by atoms with E-state index in [0.717, 1.165) is 6.42 Å². The minimum Gasteiger partial charge on any atom is -0.369 e. The fourth-order valence-electron chi connectivity index (χ4n) is 2.80. The molecule has 0 atom stereocenters. The number of hydrogen-bond donors (Lipinski definition) is 5. The van der Waals surface area contributed by atoms with E-state index in [4.69, 9.17) is 5.73 Å². The van der Waals surface area contributed by atoms with Crippen molar-refractivity contribution in [3.63, 3.8) is 0 Å². The zero-order chi connectivity index (χ0) is 22.9. The second-order valence-electron chi connectivity index (χ2n) is 6.71. The Kier molecular flexibility index (Phi) is 7.31. The second kappa shape index (κ2) is 10.5. The molecule has 1 aromatic heterocycles. The zero-order valence-electron chi connectivity index (χ0n) is 17.4. The highest BCUT2D eigenvalue weighted by Gasteiger charge is 2.16. The van der Waals surface area contributed by atoms with Gasteiger partial charge in [0, 0.05) is 24.0 Å². The Labute approximate surface area is 184 Å². The van der Waals surface area contributed by atoms with Gasteiger partial charge in [0.1, 0.15) is 11.4 Å². The molecule has 10 heteroatoms. The summed E-state index contributed by atoms with van der Waals surface area (Å²) in [5.41, 5.74) is 7.46. The van der Waals surface area contributed by atoms with Crippen LogP contribution in [0, 0.1) is 0 Å². The SMILES string of the molecule is CCCNc1nc(Nc2ccc(C(N)=O)cc2)ncc1C(=O)Nc1ccccc1NC=O. The lowest BCUT2D eigenvalue weighted by molar-refractivity contribution is -0.105. The summed E-state index contributed by atoms with van der Waals surface area (Å²) in [6.07, 6.45) is 2.78. The highest BCUT2D eigenvalue weighted by Crippen LogP contribution is 2.23. The van der Waals surface area contributed by atoms with Gasteiger partial charge in [-0.25, -0.2) is 4.98 Å². The van der Waals surface area contributed by atoms with E-state index < -0.39 is 11.8 Å². The van der Waals surface area contributed by atoms with E-state index in [2.05, 4.69) is 31.2 Å². The number of carbonyl (C=O) groups is 3. The molecular formula is C22H23N7O3. The number of benzene rings is 2. The molecule has 0 fully saturated rings. The first-order chi connectivity index (χ1) is 15.5. The van der Waals surface area contributed by atoms with E-state index >= 15 is 0 Å². The fraction of sp³-hybridized carbons (Fsp3) is 0.136. The molecule has 32 heavy (non-hydrogen) atoms. The van der Waals surface area contributed by atoms with Crippen molar-refractivity contribution in [2.45, 2.75) is 13.3 Å². The molecule has 0 aliphatic carbocycles. The predicted octanol–water partition coefficient (Wildman–Crippen LogP) is 2.96. The van der Waals surface area contributed by atoms with Crippen LogP contribution in [-0.4, -0.2) is 34.7 Å². The monoisotopic (exact) mass is 433 g/mol. The summed E-state index contributed by atoms with van der Waals surface area (Å²) in [6, 6.07) is 13.4. The normalized spacial score (nSPS) is 10.2. The highest BCUT2D eigenvalue weighted by atomic mass is 16.2. The van der Waals surface area contributed by atoms with Crippen LogP contribution in [0.3, 0.4) is 0 Å². The fourth-order valence-corrected chi connectivity index (χ4v) is 2.80. The molecule has 0 saturated carbocycles. The van der Waals surface area contributed by atoms with Gasteiger partial charge >= 0.3 is 0 Å². The molecule has 3 amide bonds. The number of nitrogens with two attached hydrogens (primary N) is 1. The first-order valence-electron chi connectivity index (χ1n) is 9.90. The number of anilines is 5. The second-order valence-corrected chi connectivity index (χ2v) is 6.71. The number of aromatic nitrogens is 2. The van der Waals surface area contributed by atoms with Crippen molar-refractivity contribution in [3.05, 3.63) is 65.9 Å². The third-order valence-electron chi connectivity index (χ3n) is 4.39. The zero-order valence-corrected chi connectivity index (χ0v) is 17.4. The summed E-state index contributed by atoms with van der Waals surface area (Å²) in [4.78, 5) is 43.6. The van der Waals surface area contributed by atoms with Crippen molar-refractivity contribution in [1.82, 2.24) is 9.97 Å². The Bertz CT molecular complexity index is 1120. The number of amides is 3. The van der Waals surface area contributed by atoms with Crippen molar-refractivity contribution in [3.8, 4) is 0 Å². The number of primary amides is 1. The third kappa shape index (κ3) is 5.57. The van der Waals surface area contributed by atoms with Gasteiger partial charge in [-0.15, -0.1) is 0 Å². The molecule has 0 radical (unpaired) electrons. The Morgan fingerprint density at radius 2 is 1.78 bits per heavy atom. The largest absolute Gasteiger partial charge is 0.369 e. The molecule has 0 aliphatic rings. The highest BCUT2D eigenvalue weighted by molar-refractivity contribution is 6.09. The van der Waals surface area contributed by atoms with E-state index in [9.17, 15) is 14.4 Å². The number of carbonyl (C=O) groups excluding carboxylic acids is 3. The molecule has 0 spiro atoms. The van der Waals surface area contributed by atoms with E-state index in [1.54, 1.807) is 48.5 Å². The molecule has 0 unspecified atom stereocenters. The standard InChI is InChI=1S/C22H23N7O3/c1-2-11-24-20-16(21(32)28-18-6-4-3-5-17(18)26-13-30)12-25-22(29-20)27-15-9-7-14(8-10-15)19(23)31/h3-10,12-13H,2,11H2,1H3,(H2,23,31)(H,26,30)(H,28,32)(H2,24,25,27,29). The number of nitrogens with one attached hydrogen (secondary N) is 4. The molecule has 3 rings (SSSR count). The van der Waals surface area contributed by atoms with Gasteiger partial charge in [0.15, 0.2) is 0 Å². The average Bonchev–Trinajstić information content (AvgIpc) is 2.79. The summed E-state index contributed by atoms with van der Waals surface area (Å²) in [5, 5.41) is 11.5. The molecule has 2 aromatic carbocycles. The number of para-hydroxylation sites is 2. The maximum Gasteiger partial charge on any atom is 0.261 e. The predicted molar refractivity (Wildman–Crippen MR) is 123 cm³/mol. The average molecular weight is 433 g/mol. The van der Waals surface area contributed by atoms with Crippen LogP contribution in [-0.2, 0) is 4.79 Å². The van der Waals surface area contributed by atoms with Crippen LogP contribution in [0.4, 0.5) is 28.8 Å². The lowest BCUT2D eigenvalue weighted by Gasteiger charge is -2.14. The summed E-state index contributed by atoms with van der Waals surface area (Å²) < 4.78 is 0. The smallest absolute Gasteiger partial charge is 0.261 e. The van der Waals surface area contributed by atoms with Gasteiger partial charge < -0.3 is 27.0 Å². The van der Waals surface area contributed by atoms with Gasteiger partial charge in [0.05, 0.1) is 11.4 Å². The molecule has 0 bridgehead atoms. The third-order valence-corrected chi connectivity index (χ3v) is 4.39. The molecule has 1 heterocycles. The van der Waals surface area contributed by atoms with E-state index in [-0.39, 0.29) is 11.5 Å². The molecule has 164 valence electrons. The van der Waals surface area contributed by atoms with E-state index in [1.165, 1.54) is 6.20 Å².